The van der Waals surface area contributed by atoms with Crippen molar-refractivity contribution >= 4 is 39.8 Å². The first-order valence-corrected chi connectivity index (χ1v) is 10.2. The number of carbonyl (C=O) groups is 1. The molecule has 144 valence electrons. The van der Waals surface area contributed by atoms with E-state index in [0.29, 0.717) is 11.7 Å². The van der Waals surface area contributed by atoms with Crippen molar-refractivity contribution in [3.8, 4) is 11.4 Å². The molecule has 0 aliphatic heterocycles. The Kier molecular flexibility index (Phi) is 6.94. The Bertz CT molecular complexity index is 993. The minimum atomic E-state index is -0.417. The molecule has 1 amide bonds. The number of hydrogen-bond acceptors (Lipinski definition) is 5. The summed E-state index contributed by atoms with van der Waals surface area (Å²) in [5.74, 6) is 0.142. The number of nitrogens with zero attached hydrogens (tertiary/aromatic N) is 4. The third-order valence-corrected chi connectivity index (χ3v) is 5.21. The zero-order chi connectivity index (χ0) is 19.9. The van der Waals surface area contributed by atoms with E-state index in [1.54, 1.807) is 12.1 Å². The molecule has 9 heteroatoms. The van der Waals surface area contributed by atoms with Crippen LogP contribution in [-0.2, 0) is 11.3 Å². The van der Waals surface area contributed by atoms with Crippen molar-refractivity contribution in [1.82, 2.24) is 20.2 Å². The van der Waals surface area contributed by atoms with E-state index in [0.717, 1.165) is 15.9 Å². The van der Waals surface area contributed by atoms with Crippen molar-refractivity contribution in [1.29, 1.82) is 0 Å². The number of hydrazone groups is 1. The van der Waals surface area contributed by atoms with Crippen LogP contribution in [0.1, 0.15) is 12.5 Å². The Hall–Kier alpha value is -2.52. The first kappa shape index (κ1) is 20.2. The summed E-state index contributed by atoms with van der Waals surface area (Å²) in [5.41, 5.74) is 3.64. The van der Waals surface area contributed by atoms with Crippen LogP contribution in [0, 0.1) is 5.82 Å². The molecule has 0 atom stereocenters. The van der Waals surface area contributed by atoms with Crippen LogP contribution in [0.25, 0.3) is 11.4 Å². The molecule has 0 spiro atoms. The summed E-state index contributed by atoms with van der Waals surface area (Å²) in [6.07, 6.45) is 1.27. The molecule has 0 fully saturated rings. The van der Waals surface area contributed by atoms with E-state index < -0.39 is 5.82 Å². The first-order chi connectivity index (χ1) is 13.6. The van der Waals surface area contributed by atoms with E-state index in [4.69, 9.17) is 0 Å². The lowest BCUT2D eigenvalue weighted by atomic mass is 10.2. The standard InChI is InChI=1S/C19H17BrFN5OS/c1-2-26-18(13-6-4-3-5-7-13)24-25-19(26)28-12-17(27)23-22-11-14-10-15(20)8-9-16(14)21/h3-11H,2,12H2,1H3,(H,23,27)/b22-11-. The molecule has 0 radical (unpaired) electrons. The lowest BCUT2D eigenvalue weighted by Gasteiger charge is -2.06. The van der Waals surface area contributed by atoms with Gasteiger partial charge in [-0.15, -0.1) is 10.2 Å². The molecule has 0 aliphatic rings. The zero-order valence-corrected chi connectivity index (χ0v) is 17.4. The number of halogens is 2. The second kappa shape index (κ2) is 9.61. The SMILES string of the molecule is CCn1c(SCC(=O)N/N=C\c2cc(Br)ccc2F)nnc1-c1ccccc1. The number of benzene rings is 2. The van der Waals surface area contributed by atoms with Crippen LogP contribution in [-0.4, -0.2) is 32.6 Å². The molecular weight excluding hydrogens is 445 g/mol. The third kappa shape index (κ3) is 5.05. The predicted molar refractivity (Wildman–Crippen MR) is 112 cm³/mol. The molecule has 0 bridgehead atoms. The molecule has 0 saturated carbocycles. The van der Waals surface area contributed by atoms with Gasteiger partial charge < -0.3 is 4.57 Å². The largest absolute Gasteiger partial charge is 0.302 e. The molecule has 1 aromatic heterocycles. The molecule has 28 heavy (non-hydrogen) atoms. The molecule has 0 aliphatic carbocycles. The Morgan fingerprint density at radius 3 is 2.82 bits per heavy atom. The summed E-state index contributed by atoms with van der Waals surface area (Å²) >= 11 is 4.53. The topological polar surface area (TPSA) is 72.2 Å². The summed E-state index contributed by atoms with van der Waals surface area (Å²) < 4.78 is 16.3. The van der Waals surface area contributed by atoms with Crippen molar-refractivity contribution in [2.75, 3.05) is 5.75 Å². The summed E-state index contributed by atoms with van der Waals surface area (Å²) in [6, 6.07) is 14.2. The van der Waals surface area contributed by atoms with Gasteiger partial charge in [0.15, 0.2) is 11.0 Å². The number of carbonyl (C=O) groups excluding carboxylic acids is 1. The van der Waals surface area contributed by atoms with Gasteiger partial charge in [0, 0.05) is 22.1 Å². The van der Waals surface area contributed by atoms with E-state index in [1.807, 2.05) is 41.8 Å². The van der Waals surface area contributed by atoms with E-state index in [1.165, 1.54) is 24.0 Å². The molecule has 2 aromatic carbocycles. The van der Waals surface area contributed by atoms with Gasteiger partial charge in [0.2, 0.25) is 0 Å². The predicted octanol–water partition coefficient (Wildman–Crippen LogP) is 4.11. The van der Waals surface area contributed by atoms with E-state index >= 15 is 0 Å². The maximum absolute atomic E-state index is 13.6. The summed E-state index contributed by atoms with van der Waals surface area (Å²) in [5, 5.41) is 12.9. The minimum absolute atomic E-state index is 0.116. The molecule has 3 aromatic rings. The highest BCUT2D eigenvalue weighted by Crippen LogP contribution is 2.23. The summed E-state index contributed by atoms with van der Waals surface area (Å²) in [6.45, 7) is 2.68. The molecule has 1 N–H and O–H groups in total. The van der Waals surface area contributed by atoms with E-state index in [2.05, 4.69) is 36.7 Å². The molecule has 3 rings (SSSR count). The smallest absolute Gasteiger partial charge is 0.250 e. The monoisotopic (exact) mass is 461 g/mol. The van der Waals surface area contributed by atoms with Gasteiger partial charge in [0.25, 0.3) is 5.91 Å². The van der Waals surface area contributed by atoms with Crippen molar-refractivity contribution < 1.29 is 9.18 Å². The van der Waals surface area contributed by atoms with Gasteiger partial charge in [-0.3, -0.25) is 4.79 Å². The Morgan fingerprint density at radius 1 is 1.29 bits per heavy atom. The maximum atomic E-state index is 13.6. The summed E-state index contributed by atoms with van der Waals surface area (Å²) in [7, 11) is 0. The van der Waals surface area contributed by atoms with Crippen LogP contribution in [0.3, 0.4) is 0 Å². The second-order valence-corrected chi connectivity index (χ2v) is 7.52. The third-order valence-electron chi connectivity index (χ3n) is 3.75. The van der Waals surface area contributed by atoms with E-state index in [9.17, 15) is 9.18 Å². The van der Waals surface area contributed by atoms with Crippen molar-refractivity contribution in [3.05, 3.63) is 64.4 Å². The van der Waals surface area contributed by atoms with Gasteiger partial charge in [0.05, 0.1) is 12.0 Å². The van der Waals surface area contributed by atoms with Crippen LogP contribution >= 0.6 is 27.7 Å². The Morgan fingerprint density at radius 2 is 2.07 bits per heavy atom. The molecule has 1 heterocycles. The molecule has 6 nitrogen and oxygen atoms in total. The zero-order valence-electron chi connectivity index (χ0n) is 15.0. The fourth-order valence-corrected chi connectivity index (χ4v) is 3.60. The highest BCUT2D eigenvalue weighted by Gasteiger charge is 2.14. The Balaban J connectivity index is 1.60. The van der Waals surface area contributed by atoms with E-state index in [-0.39, 0.29) is 17.2 Å². The highest BCUT2D eigenvalue weighted by atomic mass is 79.9. The quantitative estimate of drug-likeness (QED) is 0.326. The van der Waals surface area contributed by atoms with Crippen LogP contribution in [0.4, 0.5) is 4.39 Å². The number of rotatable bonds is 7. The minimum Gasteiger partial charge on any atom is -0.302 e. The van der Waals surface area contributed by atoms with Gasteiger partial charge in [0.1, 0.15) is 5.82 Å². The lowest BCUT2D eigenvalue weighted by Crippen LogP contribution is -2.20. The maximum Gasteiger partial charge on any atom is 0.250 e. The Labute approximate surface area is 174 Å². The van der Waals surface area contributed by atoms with Crippen molar-refractivity contribution in [2.45, 2.75) is 18.6 Å². The number of hydrogen-bond donors (Lipinski definition) is 1. The van der Waals surface area contributed by atoms with Gasteiger partial charge in [-0.05, 0) is 25.1 Å². The summed E-state index contributed by atoms with van der Waals surface area (Å²) in [4.78, 5) is 12.0. The number of thioether (sulfide) groups is 1. The molecule has 0 saturated heterocycles. The average Bonchev–Trinajstić information content (AvgIpc) is 3.12. The van der Waals surface area contributed by atoms with Crippen LogP contribution in [0.15, 0.2) is 63.3 Å². The lowest BCUT2D eigenvalue weighted by molar-refractivity contribution is -0.118. The fourth-order valence-electron chi connectivity index (χ4n) is 2.43. The molecular formula is C19H17BrFN5OS. The van der Waals surface area contributed by atoms with Crippen LogP contribution in [0.5, 0.6) is 0 Å². The van der Waals surface area contributed by atoms with Crippen LogP contribution in [0.2, 0.25) is 0 Å². The average molecular weight is 462 g/mol. The number of amides is 1. The first-order valence-electron chi connectivity index (χ1n) is 8.47. The fraction of sp³-hybridized carbons (Fsp3) is 0.158. The van der Waals surface area contributed by atoms with Gasteiger partial charge in [-0.1, -0.05) is 58.0 Å². The molecule has 0 unspecified atom stereocenters. The van der Waals surface area contributed by atoms with Crippen LogP contribution < -0.4 is 5.43 Å². The van der Waals surface area contributed by atoms with Gasteiger partial charge in [-0.25, -0.2) is 9.82 Å². The normalized spacial score (nSPS) is 11.1. The van der Waals surface area contributed by atoms with Crippen molar-refractivity contribution in [2.24, 2.45) is 5.10 Å². The second-order valence-electron chi connectivity index (χ2n) is 5.66. The number of aromatic nitrogens is 3. The van der Waals surface area contributed by atoms with Crippen molar-refractivity contribution in [3.63, 3.8) is 0 Å². The number of nitrogens with one attached hydrogen (secondary N) is 1. The highest BCUT2D eigenvalue weighted by molar-refractivity contribution is 9.10. The van der Waals surface area contributed by atoms with Gasteiger partial charge >= 0.3 is 0 Å². The van der Waals surface area contributed by atoms with Gasteiger partial charge in [-0.2, -0.15) is 5.10 Å².